The summed E-state index contributed by atoms with van der Waals surface area (Å²) in [5.41, 5.74) is 0.999. The topological polar surface area (TPSA) is 51.2 Å². The molecule has 0 amide bonds. The maximum atomic E-state index is 11.8. The number of rotatable bonds is 5. The van der Waals surface area contributed by atoms with Gasteiger partial charge >= 0.3 is 0 Å². The van der Waals surface area contributed by atoms with Crippen molar-refractivity contribution >= 4 is 15.6 Å². The molecule has 0 aliphatic rings. The van der Waals surface area contributed by atoms with Crippen molar-refractivity contribution in [3.05, 3.63) is 29.8 Å². The Bertz CT molecular complexity index is 458. The number of benzene rings is 1. The Morgan fingerprint density at radius 3 is 2.25 bits per heavy atom. The Hall–Kier alpha value is -1.16. The van der Waals surface area contributed by atoms with Crippen LogP contribution in [0.2, 0.25) is 0 Å². The standard InChI is InChI=1S/C12H16O3S/c1-3-4-11(13)9-16(14,15)12-7-5-10(2)6-8-12/h5-8H,3-4,9H2,1-2H3. The zero-order valence-corrected chi connectivity index (χ0v) is 10.4. The van der Waals surface area contributed by atoms with E-state index in [4.69, 9.17) is 0 Å². The van der Waals surface area contributed by atoms with Gasteiger partial charge in [-0.2, -0.15) is 0 Å². The summed E-state index contributed by atoms with van der Waals surface area (Å²) in [6.45, 7) is 3.75. The van der Waals surface area contributed by atoms with E-state index < -0.39 is 9.84 Å². The SMILES string of the molecule is CCCC(=O)CS(=O)(=O)c1ccc(C)cc1. The maximum Gasteiger partial charge on any atom is 0.185 e. The molecule has 0 atom stereocenters. The van der Waals surface area contributed by atoms with Crippen LogP contribution in [0, 0.1) is 6.92 Å². The van der Waals surface area contributed by atoms with Crippen LogP contribution in [-0.2, 0) is 14.6 Å². The molecule has 1 aromatic carbocycles. The Kier molecular flexibility index (Phi) is 4.24. The maximum absolute atomic E-state index is 11.8. The zero-order chi connectivity index (χ0) is 12.2. The van der Waals surface area contributed by atoms with Gasteiger partial charge in [0, 0.05) is 6.42 Å². The van der Waals surface area contributed by atoms with E-state index in [1.54, 1.807) is 24.3 Å². The van der Waals surface area contributed by atoms with Crippen LogP contribution in [0.1, 0.15) is 25.3 Å². The molecule has 1 aromatic rings. The molecular formula is C12H16O3S. The quantitative estimate of drug-likeness (QED) is 0.792. The van der Waals surface area contributed by atoms with E-state index in [2.05, 4.69) is 0 Å². The fourth-order valence-corrected chi connectivity index (χ4v) is 2.68. The van der Waals surface area contributed by atoms with E-state index in [0.29, 0.717) is 12.8 Å². The highest BCUT2D eigenvalue weighted by Crippen LogP contribution is 2.12. The highest BCUT2D eigenvalue weighted by Gasteiger charge is 2.18. The second-order valence-corrected chi connectivity index (χ2v) is 5.85. The van der Waals surface area contributed by atoms with Crippen molar-refractivity contribution < 1.29 is 13.2 Å². The third-order valence-electron chi connectivity index (χ3n) is 2.26. The Morgan fingerprint density at radius 2 is 1.75 bits per heavy atom. The van der Waals surface area contributed by atoms with Crippen LogP contribution in [-0.4, -0.2) is 20.0 Å². The van der Waals surface area contributed by atoms with E-state index in [-0.39, 0.29) is 16.4 Å². The van der Waals surface area contributed by atoms with Gasteiger partial charge in [-0.3, -0.25) is 4.79 Å². The summed E-state index contributed by atoms with van der Waals surface area (Å²) in [6.07, 6.45) is 1.01. The van der Waals surface area contributed by atoms with Crippen LogP contribution in [0.5, 0.6) is 0 Å². The first-order chi connectivity index (χ1) is 7.45. The predicted octanol–water partition coefficient (Wildman–Crippen LogP) is 2.14. The summed E-state index contributed by atoms with van der Waals surface area (Å²) in [5, 5.41) is 0. The van der Waals surface area contributed by atoms with Crippen LogP contribution in [0.25, 0.3) is 0 Å². The van der Waals surface area contributed by atoms with Crippen molar-refractivity contribution in [2.45, 2.75) is 31.6 Å². The van der Waals surface area contributed by atoms with Gasteiger partial charge in [-0.25, -0.2) is 8.42 Å². The Morgan fingerprint density at radius 1 is 1.19 bits per heavy atom. The second-order valence-electron chi connectivity index (χ2n) is 3.86. The minimum atomic E-state index is -3.45. The van der Waals surface area contributed by atoms with Crippen LogP contribution in [0.3, 0.4) is 0 Å². The van der Waals surface area contributed by atoms with Gasteiger partial charge in [0.15, 0.2) is 9.84 Å². The molecule has 0 fully saturated rings. The third-order valence-corrected chi connectivity index (χ3v) is 3.95. The van der Waals surface area contributed by atoms with Gasteiger partial charge in [0.05, 0.1) is 4.90 Å². The number of ketones is 1. The minimum absolute atomic E-state index is 0.219. The van der Waals surface area contributed by atoms with Crippen LogP contribution in [0.4, 0.5) is 0 Å². The molecule has 0 saturated heterocycles. The normalized spacial score (nSPS) is 11.4. The van der Waals surface area contributed by atoms with Crippen molar-refractivity contribution in [3.63, 3.8) is 0 Å². The molecule has 0 aromatic heterocycles. The number of hydrogen-bond donors (Lipinski definition) is 0. The average Bonchev–Trinajstić information content (AvgIpc) is 2.17. The van der Waals surface area contributed by atoms with Gasteiger partial charge in [-0.1, -0.05) is 24.6 Å². The number of carbonyl (C=O) groups is 1. The summed E-state index contributed by atoms with van der Waals surface area (Å²) in [4.78, 5) is 11.5. The molecular weight excluding hydrogens is 224 g/mol. The predicted molar refractivity (Wildman–Crippen MR) is 63.1 cm³/mol. The molecule has 4 heteroatoms. The molecule has 0 heterocycles. The first-order valence-corrected chi connectivity index (χ1v) is 6.92. The highest BCUT2D eigenvalue weighted by molar-refractivity contribution is 7.92. The number of hydrogen-bond acceptors (Lipinski definition) is 3. The lowest BCUT2D eigenvalue weighted by Crippen LogP contribution is -2.15. The van der Waals surface area contributed by atoms with Gasteiger partial charge in [0.1, 0.15) is 11.5 Å². The summed E-state index contributed by atoms with van der Waals surface area (Å²) in [7, 11) is -3.45. The molecule has 0 spiro atoms. The number of carbonyl (C=O) groups excluding carboxylic acids is 1. The largest absolute Gasteiger partial charge is 0.299 e. The van der Waals surface area contributed by atoms with Crippen LogP contribution >= 0.6 is 0 Å². The molecule has 0 unspecified atom stereocenters. The Labute approximate surface area is 96.4 Å². The molecule has 0 aliphatic heterocycles. The van der Waals surface area contributed by atoms with Gasteiger partial charge in [-0.15, -0.1) is 0 Å². The molecule has 88 valence electrons. The number of sulfone groups is 1. The van der Waals surface area contributed by atoms with E-state index in [1.807, 2.05) is 13.8 Å². The third kappa shape index (κ3) is 3.45. The van der Waals surface area contributed by atoms with E-state index in [0.717, 1.165) is 5.56 Å². The number of aryl methyl sites for hydroxylation is 1. The molecule has 0 saturated carbocycles. The summed E-state index contributed by atoms with van der Waals surface area (Å²) < 4.78 is 23.6. The van der Waals surface area contributed by atoms with Crippen LogP contribution < -0.4 is 0 Å². The first-order valence-electron chi connectivity index (χ1n) is 5.27. The molecule has 3 nitrogen and oxygen atoms in total. The van der Waals surface area contributed by atoms with Gasteiger partial charge in [0.25, 0.3) is 0 Å². The molecule has 1 rings (SSSR count). The summed E-state index contributed by atoms with van der Waals surface area (Å²) >= 11 is 0. The first kappa shape index (κ1) is 12.9. The van der Waals surface area contributed by atoms with Crippen molar-refractivity contribution in [2.24, 2.45) is 0 Å². The molecule has 0 N–H and O–H groups in total. The fraction of sp³-hybridized carbons (Fsp3) is 0.417. The van der Waals surface area contributed by atoms with Crippen molar-refractivity contribution in [1.82, 2.24) is 0 Å². The highest BCUT2D eigenvalue weighted by atomic mass is 32.2. The summed E-state index contributed by atoms with van der Waals surface area (Å²) in [6, 6.07) is 6.56. The van der Waals surface area contributed by atoms with E-state index in [9.17, 15) is 13.2 Å². The minimum Gasteiger partial charge on any atom is -0.299 e. The fourth-order valence-electron chi connectivity index (χ4n) is 1.39. The lowest BCUT2D eigenvalue weighted by Gasteiger charge is -2.03. The lowest BCUT2D eigenvalue weighted by molar-refractivity contribution is -0.116. The van der Waals surface area contributed by atoms with Crippen molar-refractivity contribution in [3.8, 4) is 0 Å². The van der Waals surface area contributed by atoms with E-state index in [1.165, 1.54) is 0 Å². The zero-order valence-electron chi connectivity index (χ0n) is 9.56. The lowest BCUT2D eigenvalue weighted by atomic mass is 10.2. The van der Waals surface area contributed by atoms with Gasteiger partial charge in [-0.05, 0) is 25.5 Å². The van der Waals surface area contributed by atoms with Gasteiger partial charge < -0.3 is 0 Å². The second kappa shape index (κ2) is 5.25. The van der Waals surface area contributed by atoms with Crippen molar-refractivity contribution in [1.29, 1.82) is 0 Å². The molecule has 16 heavy (non-hydrogen) atoms. The average molecular weight is 240 g/mol. The Balaban J connectivity index is 2.86. The van der Waals surface area contributed by atoms with E-state index >= 15 is 0 Å². The smallest absolute Gasteiger partial charge is 0.185 e. The molecule has 0 radical (unpaired) electrons. The van der Waals surface area contributed by atoms with Gasteiger partial charge in [0.2, 0.25) is 0 Å². The monoisotopic (exact) mass is 240 g/mol. The molecule has 0 bridgehead atoms. The molecule has 0 aliphatic carbocycles. The summed E-state index contributed by atoms with van der Waals surface area (Å²) in [5.74, 6) is -0.604. The number of Topliss-reactive ketones (excluding diaryl/α,β-unsaturated/α-hetero) is 1. The van der Waals surface area contributed by atoms with Crippen LogP contribution in [0.15, 0.2) is 29.2 Å². The van der Waals surface area contributed by atoms with Crippen molar-refractivity contribution in [2.75, 3.05) is 5.75 Å².